The second-order valence-electron chi connectivity index (χ2n) is 11.0. The van der Waals surface area contributed by atoms with Crippen LogP contribution in [0.4, 0.5) is 5.13 Å². The van der Waals surface area contributed by atoms with Crippen molar-refractivity contribution >= 4 is 28.3 Å². The Kier molecular flexibility index (Phi) is 6.44. The first kappa shape index (κ1) is 24.1. The molecule has 192 valence electrons. The summed E-state index contributed by atoms with van der Waals surface area (Å²) in [4.78, 5) is 27.3. The minimum absolute atomic E-state index is 0.0528. The number of benzene rings is 2. The Morgan fingerprint density at radius 2 is 1.70 bits per heavy atom. The Labute approximate surface area is 221 Å². The lowest BCUT2D eigenvalue weighted by Gasteiger charge is -2.55. The fraction of sp³-hybridized carbons (Fsp3) is 0.448. The van der Waals surface area contributed by atoms with E-state index in [2.05, 4.69) is 20.8 Å². The van der Waals surface area contributed by atoms with E-state index in [0.29, 0.717) is 34.3 Å². The van der Waals surface area contributed by atoms with Gasteiger partial charge in [-0.2, -0.15) is 0 Å². The van der Waals surface area contributed by atoms with E-state index < -0.39 is 6.04 Å². The van der Waals surface area contributed by atoms with Crippen LogP contribution >= 0.6 is 11.3 Å². The Morgan fingerprint density at radius 3 is 2.38 bits per heavy atom. The molecule has 2 amide bonds. The Balaban J connectivity index is 1.20. The highest BCUT2D eigenvalue weighted by Crippen LogP contribution is 2.60. The fourth-order valence-electron chi connectivity index (χ4n) is 7.10. The largest absolute Gasteiger partial charge is 0.497 e. The molecule has 4 bridgehead atoms. The summed E-state index contributed by atoms with van der Waals surface area (Å²) in [6.07, 6.45) is 7.13. The van der Waals surface area contributed by atoms with Gasteiger partial charge in [0.15, 0.2) is 0 Å². The third-order valence-electron chi connectivity index (χ3n) is 8.40. The highest BCUT2D eigenvalue weighted by atomic mass is 32.1. The van der Waals surface area contributed by atoms with E-state index in [4.69, 9.17) is 4.74 Å². The number of hydrogen-bond donors (Lipinski definition) is 2. The van der Waals surface area contributed by atoms with Gasteiger partial charge in [-0.15, -0.1) is 10.2 Å². The molecule has 0 unspecified atom stereocenters. The maximum absolute atomic E-state index is 13.8. The van der Waals surface area contributed by atoms with Gasteiger partial charge >= 0.3 is 0 Å². The molecule has 1 aromatic heterocycles. The zero-order chi connectivity index (χ0) is 25.4. The molecule has 1 atom stereocenters. The predicted octanol–water partition coefficient (Wildman–Crippen LogP) is 5.10. The Hall–Kier alpha value is -3.26. The first-order valence-electron chi connectivity index (χ1n) is 13.1. The smallest absolute Gasteiger partial charge is 0.249 e. The molecule has 7 rings (SSSR count). The molecule has 8 heteroatoms. The van der Waals surface area contributed by atoms with Gasteiger partial charge in [0.2, 0.25) is 16.9 Å². The van der Waals surface area contributed by atoms with Gasteiger partial charge in [-0.05, 0) is 74.0 Å². The molecule has 1 heterocycles. The van der Waals surface area contributed by atoms with Crippen LogP contribution in [0, 0.1) is 23.2 Å². The van der Waals surface area contributed by atoms with E-state index in [-0.39, 0.29) is 17.2 Å². The molecule has 4 aliphatic carbocycles. The summed E-state index contributed by atoms with van der Waals surface area (Å²) in [6.45, 7) is 0. The second-order valence-corrected chi connectivity index (χ2v) is 12.0. The number of hydrogen-bond acceptors (Lipinski definition) is 6. The van der Waals surface area contributed by atoms with Crippen molar-refractivity contribution in [3.63, 3.8) is 0 Å². The summed E-state index contributed by atoms with van der Waals surface area (Å²) in [6, 6.07) is 16.7. The third kappa shape index (κ3) is 4.99. The monoisotopic (exact) mass is 516 g/mol. The van der Waals surface area contributed by atoms with E-state index in [0.717, 1.165) is 36.1 Å². The summed E-state index contributed by atoms with van der Waals surface area (Å²) in [5.41, 5.74) is 1.56. The van der Waals surface area contributed by atoms with Gasteiger partial charge in [0.25, 0.3) is 0 Å². The lowest BCUT2D eigenvalue weighted by molar-refractivity contribution is -0.148. The molecular weight excluding hydrogens is 484 g/mol. The molecule has 4 saturated carbocycles. The SMILES string of the molecule is COc1cccc(-c2nnc(NC(=O)[C@@H](Cc3ccccc3)NC(=O)C34CC5CC(CC(C5)C3)C4)s2)c1. The quantitative estimate of drug-likeness (QED) is 0.435. The number of rotatable bonds is 8. The average molecular weight is 517 g/mol. The van der Waals surface area contributed by atoms with Gasteiger partial charge in [0, 0.05) is 17.4 Å². The van der Waals surface area contributed by atoms with Gasteiger partial charge in [-0.1, -0.05) is 53.8 Å². The van der Waals surface area contributed by atoms with Crippen molar-refractivity contribution in [3.8, 4) is 16.3 Å². The number of carbonyl (C=O) groups excluding carboxylic acids is 2. The lowest BCUT2D eigenvalue weighted by atomic mass is 9.49. The number of nitrogens with zero attached hydrogens (tertiary/aromatic N) is 2. The predicted molar refractivity (Wildman–Crippen MR) is 143 cm³/mol. The standard InChI is InChI=1S/C29H32N4O3S/c1-36-23-9-5-8-22(14-23)26-32-33-28(37-26)31-25(34)24(13-18-6-3-2-4-7-18)30-27(35)29-15-19-10-20(16-29)12-21(11-19)17-29/h2-9,14,19-21,24H,10-13,15-17H2,1H3,(H,30,35)(H,31,33,34)/t19?,20?,21?,24-,29?/m1/s1. The van der Waals surface area contributed by atoms with E-state index in [1.807, 2.05) is 54.6 Å². The van der Waals surface area contributed by atoms with E-state index >= 15 is 0 Å². The van der Waals surface area contributed by atoms with Crippen LogP contribution in [0.3, 0.4) is 0 Å². The van der Waals surface area contributed by atoms with Gasteiger partial charge in [0.05, 0.1) is 7.11 Å². The number of carbonyl (C=O) groups is 2. The number of ether oxygens (including phenoxy) is 1. The van der Waals surface area contributed by atoms with Gasteiger partial charge < -0.3 is 10.1 Å². The molecule has 4 fully saturated rings. The van der Waals surface area contributed by atoms with E-state index in [1.54, 1.807) is 7.11 Å². The van der Waals surface area contributed by atoms with Crippen molar-refractivity contribution in [1.82, 2.24) is 15.5 Å². The number of anilines is 1. The van der Waals surface area contributed by atoms with Crippen molar-refractivity contribution in [3.05, 3.63) is 60.2 Å². The molecule has 4 aliphatic rings. The number of aromatic nitrogens is 2. The minimum atomic E-state index is -0.688. The van der Waals surface area contributed by atoms with Crippen molar-refractivity contribution in [2.75, 3.05) is 12.4 Å². The molecule has 3 aromatic rings. The van der Waals surface area contributed by atoms with Crippen LogP contribution < -0.4 is 15.4 Å². The third-order valence-corrected chi connectivity index (χ3v) is 9.28. The Bertz CT molecular complexity index is 1260. The van der Waals surface area contributed by atoms with Crippen molar-refractivity contribution in [1.29, 1.82) is 0 Å². The van der Waals surface area contributed by atoms with Crippen LogP contribution in [0.2, 0.25) is 0 Å². The molecule has 2 N–H and O–H groups in total. The molecule has 0 saturated heterocycles. The van der Waals surface area contributed by atoms with Crippen LogP contribution in [0.5, 0.6) is 5.75 Å². The van der Waals surface area contributed by atoms with Crippen molar-refractivity contribution < 1.29 is 14.3 Å². The first-order valence-corrected chi connectivity index (χ1v) is 13.9. The highest BCUT2D eigenvalue weighted by Gasteiger charge is 2.55. The van der Waals surface area contributed by atoms with Crippen LogP contribution in [0.1, 0.15) is 44.1 Å². The average Bonchev–Trinajstić information content (AvgIpc) is 3.36. The molecule has 0 aliphatic heterocycles. The topological polar surface area (TPSA) is 93.2 Å². The molecule has 7 nitrogen and oxygen atoms in total. The summed E-state index contributed by atoms with van der Waals surface area (Å²) in [5.74, 6) is 2.50. The van der Waals surface area contributed by atoms with E-state index in [9.17, 15) is 9.59 Å². The maximum Gasteiger partial charge on any atom is 0.249 e. The summed E-state index contributed by atoms with van der Waals surface area (Å²) < 4.78 is 5.31. The van der Waals surface area contributed by atoms with Crippen molar-refractivity contribution in [2.24, 2.45) is 23.2 Å². The fourth-order valence-corrected chi connectivity index (χ4v) is 7.84. The van der Waals surface area contributed by atoms with Crippen LogP contribution in [-0.4, -0.2) is 35.2 Å². The zero-order valence-corrected chi connectivity index (χ0v) is 21.8. The molecular formula is C29H32N4O3S. The number of nitrogens with one attached hydrogen (secondary N) is 2. The van der Waals surface area contributed by atoms with Gasteiger partial charge in [0.1, 0.15) is 16.8 Å². The zero-order valence-electron chi connectivity index (χ0n) is 21.0. The van der Waals surface area contributed by atoms with Crippen LogP contribution in [0.25, 0.3) is 10.6 Å². The Morgan fingerprint density at radius 1 is 1.00 bits per heavy atom. The normalized spacial score (nSPS) is 26.5. The molecule has 37 heavy (non-hydrogen) atoms. The molecule has 0 spiro atoms. The lowest BCUT2D eigenvalue weighted by Crippen LogP contribution is -2.57. The summed E-state index contributed by atoms with van der Waals surface area (Å²) in [7, 11) is 1.62. The minimum Gasteiger partial charge on any atom is -0.497 e. The van der Waals surface area contributed by atoms with E-state index in [1.165, 1.54) is 30.6 Å². The van der Waals surface area contributed by atoms with Gasteiger partial charge in [-0.3, -0.25) is 14.9 Å². The maximum atomic E-state index is 13.8. The summed E-state index contributed by atoms with van der Waals surface area (Å²) in [5, 5.41) is 15.7. The second kappa shape index (κ2) is 9.89. The summed E-state index contributed by atoms with van der Waals surface area (Å²) >= 11 is 1.30. The highest BCUT2D eigenvalue weighted by molar-refractivity contribution is 7.18. The molecule has 0 radical (unpaired) electrons. The van der Waals surface area contributed by atoms with Crippen LogP contribution in [0.15, 0.2) is 54.6 Å². The van der Waals surface area contributed by atoms with Crippen molar-refractivity contribution in [2.45, 2.75) is 51.0 Å². The number of methoxy groups -OCH3 is 1. The van der Waals surface area contributed by atoms with Crippen LogP contribution in [-0.2, 0) is 16.0 Å². The number of amides is 2. The first-order chi connectivity index (χ1) is 18.0. The molecule has 2 aromatic carbocycles. The van der Waals surface area contributed by atoms with Gasteiger partial charge in [-0.25, -0.2) is 0 Å².